The van der Waals surface area contributed by atoms with Gasteiger partial charge in [-0.05, 0) is 55.3 Å². The fraction of sp³-hybridized carbons (Fsp3) is 0.304. The van der Waals surface area contributed by atoms with Crippen LogP contribution in [0.25, 0.3) is 10.9 Å². The number of piperazine rings is 1. The Morgan fingerprint density at radius 3 is 2.54 bits per heavy atom. The molecular formula is C23H25N3O2. The first-order valence-corrected chi connectivity index (χ1v) is 9.69. The zero-order chi connectivity index (χ0) is 19.5. The Bertz CT molecular complexity index is 994. The van der Waals surface area contributed by atoms with Crippen molar-refractivity contribution < 1.29 is 9.53 Å². The summed E-state index contributed by atoms with van der Waals surface area (Å²) >= 11 is 0. The summed E-state index contributed by atoms with van der Waals surface area (Å²) in [5.41, 5.74) is 3.39. The van der Waals surface area contributed by atoms with E-state index in [4.69, 9.17) is 9.72 Å². The van der Waals surface area contributed by atoms with Crippen LogP contribution in [0, 0.1) is 13.8 Å². The molecule has 0 spiro atoms. The van der Waals surface area contributed by atoms with Crippen molar-refractivity contribution in [2.24, 2.45) is 0 Å². The van der Waals surface area contributed by atoms with E-state index in [1.807, 2.05) is 48.2 Å². The van der Waals surface area contributed by atoms with E-state index in [1.54, 1.807) is 0 Å². The van der Waals surface area contributed by atoms with E-state index in [0.717, 1.165) is 35.6 Å². The van der Waals surface area contributed by atoms with Gasteiger partial charge in [0.05, 0.1) is 5.52 Å². The fourth-order valence-electron chi connectivity index (χ4n) is 3.46. The van der Waals surface area contributed by atoms with Crippen molar-refractivity contribution in [3.8, 4) is 5.75 Å². The van der Waals surface area contributed by atoms with E-state index in [2.05, 4.69) is 30.0 Å². The van der Waals surface area contributed by atoms with Crippen LogP contribution < -0.4 is 9.64 Å². The van der Waals surface area contributed by atoms with Crippen molar-refractivity contribution in [1.29, 1.82) is 0 Å². The fourth-order valence-corrected chi connectivity index (χ4v) is 3.46. The number of carbonyl (C=O) groups is 1. The Morgan fingerprint density at radius 2 is 1.75 bits per heavy atom. The second kappa shape index (κ2) is 7.89. The van der Waals surface area contributed by atoms with Crippen molar-refractivity contribution in [2.75, 3.05) is 37.7 Å². The van der Waals surface area contributed by atoms with Gasteiger partial charge < -0.3 is 14.5 Å². The summed E-state index contributed by atoms with van der Waals surface area (Å²) < 4.78 is 5.70. The number of amides is 1. The van der Waals surface area contributed by atoms with E-state index < -0.39 is 0 Å². The lowest BCUT2D eigenvalue weighted by atomic mass is 10.1. The van der Waals surface area contributed by atoms with Crippen molar-refractivity contribution >= 4 is 22.6 Å². The number of aromatic nitrogens is 1. The van der Waals surface area contributed by atoms with Gasteiger partial charge in [-0.15, -0.1) is 0 Å². The Labute approximate surface area is 165 Å². The van der Waals surface area contributed by atoms with Crippen LogP contribution in [-0.2, 0) is 4.79 Å². The molecule has 0 atom stereocenters. The number of hydrogen-bond donors (Lipinski definition) is 0. The standard InChI is InChI=1S/C23H25N3O2/c1-17-7-9-20(15-18(17)2)28-16-23(27)26-13-11-25(12-14-26)22-10-8-19-5-3-4-6-21(19)24-22/h3-10,15H,11-14,16H2,1-2H3. The summed E-state index contributed by atoms with van der Waals surface area (Å²) in [6, 6.07) is 18.2. The molecule has 4 rings (SSSR count). The summed E-state index contributed by atoms with van der Waals surface area (Å²) in [4.78, 5) is 21.4. The minimum atomic E-state index is 0.0318. The normalized spacial score (nSPS) is 14.4. The van der Waals surface area contributed by atoms with Gasteiger partial charge in [0, 0.05) is 31.6 Å². The van der Waals surface area contributed by atoms with Gasteiger partial charge in [0.1, 0.15) is 11.6 Å². The lowest BCUT2D eigenvalue weighted by Crippen LogP contribution is -2.50. The Kier molecular flexibility index (Phi) is 5.15. The van der Waals surface area contributed by atoms with Gasteiger partial charge in [-0.25, -0.2) is 4.98 Å². The van der Waals surface area contributed by atoms with Crippen LogP contribution in [-0.4, -0.2) is 48.6 Å². The van der Waals surface area contributed by atoms with Crippen LogP contribution in [0.15, 0.2) is 54.6 Å². The maximum absolute atomic E-state index is 12.5. The number of benzene rings is 2. The highest BCUT2D eigenvalue weighted by molar-refractivity contribution is 5.80. The molecule has 5 nitrogen and oxygen atoms in total. The van der Waals surface area contributed by atoms with E-state index >= 15 is 0 Å². The first-order valence-electron chi connectivity index (χ1n) is 9.69. The number of para-hydroxylation sites is 1. The molecule has 0 radical (unpaired) electrons. The summed E-state index contributed by atoms with van der Waals surface area (Å²) in [5, 5.41) is 1.14. The Balaban J connectivity index is 1.32. The number of rotatable bonds is 4. The first-order chi connectivity index (χ1) is 13.6. The smallest absolute Gasteiger partial charge is 0.260 e. The summed E-state index contributed by atoms with van der Waals surface area (Å²) in [5.74, 6) is 1.75. The number of aryl methyl sites for hydroxylation is 2. The first kappa shape index (κ1) is 18.3. The van der Waals surface area contributed by atoms with Gasteiger partial charge in [0.25, 0.3) is 5.91 Å². The molecule has 1 aromatic heterocycles. The highest BCUT2D eigenvalue weighted by Gasteiger charge is 2.22. The second-order valence-electron chi connectivity index (χ2n) is 7.26. The second-order valence-corrected chi connectivity index (χ2v) is 7.26. The van der Waals surface area contributed by atoms with Crippen molar-refractivity contribution in [1.82, 2.24) is 9.88 Å². The van der Waals surface area contributed by atoms with E-state index in [-0.39, 0.29) is 12.5 Å². The minimum Gasteiger partial charge on any atom is -0.484 e. The van der Waals surface area contributed by atoms with Crippen molar-refractivity contribution in [3.63, 3.8) is 0 Å². The number of hydrogen-bond acceptors (Lipinski definition) is 4. The van der Waals surface area contributed by atoms with Crippen LogP contribution in [0.1, 0.15) is 11.1 Å². The maximum Gasteiger partial charge on any atom is 0.260 e. The van der Waals surface area contributed by atoms with Crippen LogP contribution in [0.2, 0.25) is 0 Å². The van der Waals surface area contributed by atoms with Crippen LogP contribution in [0.5, 0.6) is 5.75 Å². The van der Waals surface area contributed by atoms with E-state index in [9.17, 15) is 4.79 Å². The van der Waals surface area contributed by atoms with E-state index in [1.165, 1.54) is 11.1 Å². The lowest BCUT2D eigenvalue weighted by molar-refractivity contribution is -0.133. The lowest BCUT2D eigenvalue weighted by Gasteiger charge is -2.35. The predicted octanol–water partition coefficient (Wildman–Crippen LogP) is 3.58. The Hall–Kier alpha value is -3.08. The molecule has 1 aliphatic rings. The minimum absolute atomic E-state index is 0.0318. The average molecular weight is 375 g/mol. The number of carbonyl (C=O) groups excluding carboxylic acids is 1. The number of nitrogens with zero attached hydrogens (tertiary/aromatic N) is 3. The molecule has 3 aromatic rings. The van der Waals surface area contributed by atoms with Crippen molar-refractivity contribution in [2.45, 2.75) is 13.8 Å². The number of fused-ring (bicyclic) bond motifs is 1. The highest BCUT2D eigenvalue weighted by atomic mass is 16.5. The van der Waals surface area contributed by atoms with Crippen LogP contribution in [0.4, 0.5) is 5.82 Å². The van der Waals surface area contributed by atoms with Gasteiger partial charge in [0.2, 0.25) is 0 Å². The molecule has 0 bridgehead atoms. The monoisotopic (exact) mass is 375 g/mol. The average Bonchev–Trinajstić information content (AvgIpc) is 2.74. The molecule has 2 aromatic carbocycles. The van der Waals surface area contributed by atoms with Gasteiger partial charge >= 0.3 is 0 Å². The van der Waals surface area contributed by atoms with Gasteiger partial charge in [-0.3, -0.25) is 4.79 Å². The molecule has 0 N–H and O–H groups in total. The third kappa shape index (κ3) is 3.93. The third-order valence-electron chi connectivity index (χ3n) is 5.38. The van der Waals surface area contributed by atoms with Gasteiger partial charge in [0.15, 0.2) is 6.61 Å². The molecule has 144 valence electrons. The number of ether oxygens (including phenoxy) is 1. The molecule has 28 heavy (non-hydrogen) atoms. The molecule has 0 unspecified atom stereocenters. The predicted molar refractivity (Wildman–Crippen MR) is 112 cm³/mol. The number of anilines is 1. The third-order valence-corrected chi connectivity index (χ3v) is 5.38. The molecule has 1 aliphatic heterocycles. The molecule has 1 saturated heterocycles. The Morgan fingerprint density at radius 1 is 0.964 bits per heavy atom. The quantitative estimate of drug-likeness (QED) is 0.699. The zero-order valence-corrected chi connectivity index (χ0v) is 16.4. The largest absolute Gasteiger partial charge is 0.484 e. The molecule has 1 fully saturated rings. The topological polar surface area (TPSA) is 45.7 Å². The van der Waals surface area contributed by atoms with Crippen LogP contribution >= 0.6 is 0 Å². The summed E-state index contributed by atoms with van der Waals surface area (Å²) in [6.07, 6.45) is 0. The van der Waals surface area contributed by atoms with Crippen molar-refractivity contribution in [3.05, 3.63) is 65.7 Å². The number of pyridine rings is 1. The van der Waals surface area contributed by atoms with Gasteiger partial charge in [-0.1, -0.05) is 24.3 Å². The zero-order valence-electron chi connectivity index (χ0n) is 16.4. The molecule has 5 heteroatoms. The highest BCUT2D eigenvalue weighted by Crippen LogP contribution is 2.20. The molecule has 1 amide bonds. The molecule has 0 aliphatic carbocycles. The van der Waals surface area contributed by atoms with E-state index in [0.29, 0.717) is 13.1 Å². The molecular weight excluding hydrogens is 350 g/mol. The molecule has 2 heterocycles. The maximum atomic E-state index is 12.5. The SMILES string of the molecule is Cc1ccc(OCC(=O)N2CCN(c3ccc4ccccc4n3)CC2)cc1C. The van der Waals surface area contributed by atoms with Gasteiger partial charge in [-0.2, -0.15) is 0 Å². The van der Waals surface area contributed by atoms with Crippen LogP contribution in [0.3, 0.4) is 0 Å². The molecule has 0 saturated carbocycles. The summed E-state index contributed by atoms with van der Waals surface area (Å²) in [7, 11) is 0. The summed E-state index contributed by atoms with van der Waals surface area (Å²) in [6.45, 7) is 7.11.